The number of carbonyl (C=O) groups is 3. The summed E-state index contributed by atoms with van der Waals surface area (Å²) in [5.41, 5.74) is -0.151. The molecule has 9 nitrogen and oxygen atoms in total. The molecule has 0 bridgehead atoms. The number of nitrogens with one attached hydrogen (secondary N) is 2. The van der Waals surface area contributed by atoms with Gasteiger partial charge >= 0.3 is 5.97 Å². The van der Waals surface area contributed by atoms with E-state index in [1.165, 1.54) is 30.0 Å². The number of nitro groups is 1. The number of rotatable bonds is 6. The lowest BCUT2D eigenvalue weighted by atomic mass is 10.2. The van der Waals surface area contributed by atoms with Crippen LogP contribution in [0.3, 0.4) is 0 Å². The molecule has 2 rings (SSSR count). The van der Waals surface area contributed by atoms with Crippen LogP contribution in [0.25, 0.3) is 0 Å². The van der Waals surface area contributed by atoms with Crippen molar-refractivity contribution in [2.24, 2.45) is 0 Å². The third kappa shape index (κ3) is 4.92. The van der Waals surface area contributed by atoms with Gasteiger partial charge in [0.05, 0.1) is 16.8 Å². The second kappa shape index (κ2) is 8.47. The van der Waals surface area contributed by atoms with Crippen LogP contribution < -0.4 is 10.6 Å². The van der Waals surface area contributed by atoms with Crippen molar-refractivity contribution in [1.82, 2.24) is 5.32 Å². The highest BCUT2D eigenvalue weighted by Crippen LogP contribution is 2.25. The van der Waals surface area contributed by atoms with Crippen molar-refractivity contribution in [3.8, 4) is 0 Å². The zero-order valence-corrected chi connectivity index (χ0v) is 14.2. The summed E-state index contributed by atoms with van der Waals surface area (Å²) >= 11 is 1.18. The minimum Gasteiger partial charge on any atom is -0.464 e. The van der Waals surface area contributed by atoms with Crippen molar-refractivity contribution in [2.75, 3.05) is 17.7 Å². The monoisotopic (exact) mass is 367 g/mol. The van der Waals surface area contributed by atoms with Crippen molar-refractivity contribution < 1.29 is 24.0 Å². The van der Waals surface area contributed by atoms with E-state index in [-0.39, 0.29) is 24.4 Å². The zero-order valence-electron chi connectivity index (χ0n) is 13.4. The summed E-state index contributed by atoms with van der Waals surface area (Å²) in [6, 6.07) is 5.03. The van der Waals surface area contributed by atoms with Crippen LogP contribution in [0.15, 0.2) is 24.3 Å². The maximum atomic E-state index is 12.1. The van der Waals surface area contributed by atoms with Crippen LogP contribution in [0.1, 0.15) is 13.3 Å². The number of ether oxygens (including phenoxy) is 1. The smallest absolute Gasteiger partial charge is 0.329 e. The topological polar surface area (TPSA) is 128 Å². The molecule has 1 aliphatic heterocycles. The Balaban J connectivity index is 1.93. The van der Waals surface area contributed by atoms with Crippen molar-refractivity contribution in [3.63, 3.8) is 0 Å². The van der Waals surface area contributed by atoms with Crippen LogP contribution in [0, 0.1) is 10.1 Å². The predicted molar refractivity (Wildman–Crippen MR) is 91.2 cm³/mol. The Morgan fingerprint density at radius 1 is 1.44 bits per heavy atom. The highest BCUT2D eigenvalue weighted by Gasteiger charge is 2.34. The SMILES string of the molecule is CCOC(=O)C1CSC(CC(=O)Nc2ccccc2[N+](=O)[O-])C(=O)N1. The molecule has 2 unspecified atom stereocenters. The Morgan fingerprint density at radius 2 is 2.16 bits per heavy atom. The molecule has 25 heavy (non-hydrogen) atoms. The van der Waals surface area contributed by atoms with Crippen molar-refractivity contribution in [3.05, 3.63) is 34.4 Å². The Hall–Kier alpha value is -2.62. The van der Waals surface area contributed by atoms with E-state index in [4.69, 9.17) is 4.74 Å². The molecule has 1 heterocycles. The lowest BCUT2D eigenvalue weighted by molar-refractivity contribution is -0.383. The summed E-state index contributed by atoms with van der Waals surface area (Å²) in [4.78, 5) is 46.1. The van der Waals surface area contributed by atoms with Crippen LogP contribution in [0.2, 0.25) is 0 Å². The molecule has 1 fully saturated rings. The van der Waals surface area contributed by atoms with Gasteiger partial charge in [-0.25, -0.2) is 4.79 Å². The largest absolute Gasteiger partial charge is 0.464 e. The first kappa shape index (κ1) is 18.7. The number of benzene rings is 1. The fourth-order valence-corrected chi connectivity index (χ4v) is 3.36. The maximum absolute atomic E-state index is 12.1. The second-order valence-corrected chi connectivity index (χ2v) is 6.40. The lowest BCUT2D eigenvalue weighted by Crippen LogP contribution is -2.51. The molecule has 1 aromatic rings. The summed E-state index contributed by atoms with van der Waals surface area (Å²) < 4.78 is 4.85. The number of carbonyl (C=O) groups excluding carboxylic acids is 3. The van der Waals surface area contributed by atoms with Gasteiger partial charge in [0.2, 0.25) is 11.8 Å². The average Bonchev–Trinajstić information content (AvgIpc) is 2.57. The molecule has 0 aromatic heterocycles. The zero-order chi connectivity index (χ0) is 18.4. The molecule has 10 heteroatoms. The Bertz CT molecular complexity index is 696. The van der Waals surface area contributed by atoms with Gasteiger partial charge in [-0.3, -0.25) is 19.7 Å². The number of nitrogens with zero attached hydrogens (tertiary/aromatic N) is 1. The molecule has 1 aliphatic rings. The fourth-order valence-electron chi connectivity index (χ4n) is 2.22. The normalized spacial score (nSPS) is 19.6. The van der Waals surface area contributed by atoms with E-state index < -0.39 is 34.0 Å². The van der Waals surface area contributed by atoms with Gasteiger partial charge < -0.3 is 15.4 Å². The molecule has 134 valence electrons. The van der Waals surface area contributed by atoms with Crippen LogP contribution in [0.5, 0.6) is 0 Å². The van der Waals surface area contributed by atoms with Gasteiger partial charge in [-0.1, -0.05) is 12.1 Å². The molecule has 0 saturated carbocycles. The minimum absolute atomic E-state index is 0.0723. The van der Waals surface area contributed by atoms with E-state index in [0.29, 0.717) is 5.75 Å². The lowest BCUT2D eigenvalue weighted by Gasteiger charge is -2.27. The Kier molecular flexibility index (Phi) is 6.34. The fraction of sp³-hybridized carbons (Fsp3) is 0.400. The van der Waals surface area contributed by atoms with Gasteiger partial charge in [-0.15, -0.1) is 11.8 Å². The highest BCUT2D eigenvalue weighted by atomic mass is 32.2. The third-order valence-electron chi connectivity index (χ3n) is 3.39. The quantitative estimate of drug-likeness (QED) is 0.437. The molecule has 0 radical (unpaired) electrons. The van der Waals surface area contributed by atoms with E-state index in [0.717, 1.165) is 0 Å². The molecule has 1 saturated heterocycles. The first-order valence-electron chi connectivity index (χ1n) is 7.54. The standard InChI is InChI=1S/C15H17N3O6S/c1-2-24-15(21)10-8-25-12(14(20)17-10)7-13(19)16-9-5-3-4-6-11(9)18(22)23/h3-6,10,12H,2,7-8H2,1H3,(H,16,19)(H,17,20). The number of para-hydroxylation sites is 2. The van der Waals surface area contributed by atoms with Gasteiger partial charge in [0.1, 0.15) is 11.7 Å². The molecule has 1 aromatic carbocycles. The molecule has 2 amide bonds. The van der Waals surface area contributed by atoms with Crippen LogP contribution >= 0.6 is 11.8 Å². The van der Waals surface area contributed by atoms with E-state index >= 15 is 0 Å². The summed E-state index contributed by atoms with van der Waals surface area (Å²) in [5.74, 6) is -1.16. The summed E-state index contributed by atoms with van der Waals surface area (Å²) in [7, 11) is 0. The number of esters is 1. The van der Waals surface area contributed by atoms with Gasteiger partial charge in [-0.2, -0.15) is 0 Å². The van der Waals surface area contributed by atoms with Gasteiger partial charge in [0.25, 0.3) is 5.69 Å². The molecule has 2 atom stereocenters. The molecule has 0 aliphatic carbocycles. The Morgan fingerprint density at radius 3 is 2.80 bits per heavy atom. The molecular formula is C15H17N3O6S. The van der Waals surface area contributed by atoms with E-state index in [9.17, 15) is 24.5 Å². The Labute approximate surface area is 147 Å². The van der Waals surface area contributed by atoms with Crippen molar-refractivity contribution in [2.45, 2.75) is 24.6 Å². The number of hydrogen-bond acceptors (Lipinski definition) is 7. The number of amides is 2. The number of anilines is 1. The summed E-state index contributed by atoms with van der Waals surface area (Å²) in [5, 5.41) is 15.2. The molecule has 2 N–H and O–H groups in total. The molecular weight excluding hydrogens is 350 g/mol. The first-order chi connectivity index (χ1) is 11.9. The van der Waals surface area contributed by atoms with E-state index in [1.807, 2.05) is 0 Å². The number of nitro benzene ring substituents is 1. The number of thioether (sulfide) groups is 1. The third-order valence-corrected chi connectivity index (χ3v) is 4.70. The van der Waals surface area contributed by atoms with Crippen molar-refractivity contribution >= 4 is 40.9 Å². The average molecular weight is 367 g/mol. The van der Waals surface area contributed by atoms with E-state index in [2.05, 4.69) is 10.6 Å². The molecule has 0 spiro atoms. The highest BCUT2D eigenvalue weighted by molar-refractivity contribution is 8.00. The van der Waals surface area contributed by atoms with Gasteiger partial charge in [0.15, 0.2) is 0 Å². The van der Waals surface area contributed by atoms with Crippen molar-refractivity contribution in [1.29, 1.82) is 0 Å². The second-order valence-electron chi connectivity index (χ2n) is 5.16. The van der Waals surface area contributed by atoms with Gasteiger partial charge in [0, 0.05) is 18.2 Å². The first-order valence-corrected chi connectivity index (χ1v) is 8.59. The number of hydrogen-bond donors (Lipinski definition) is 2. The summed E-state index contributed by atoms with van der Waals surface area (Å²) in [6.45, 7) is 1.89. The van der Waals surface area contributed by atoms with Gasteiger partial charge in [-0.05, 0) is 13.0 Å². The van der Waals surface area contributed by atoms with Crippen LogP contribution in [-0.2, 0) is 19.1 Å². The van der Waals surface area contributed by atoms with E-state index in [1.54, 1.807) is 13.0 Å². The summed E-state index contributed by atoms with van der Waals surface area (Å²) in [6.07, 6.45) is -0.155. The van der Waals surface area contributed by atoms with Crippen LogP contribution in [-0.4, -0.2) is 46.4 Å². The maximum Gasteiger partial charge on any atom is 0.329 e. The van der Waals surface area contributed by atoms with Crippen LogP contribution in [0.4, 0.5) is 11.4 Å². The predicted octanol–water partition coefficient (Wildman–Crippen LogP) is 1.09. The minimum atomic E-state index is -0.730.